The zero-order chi connectivity index (χ0) is 28.1. The van der Waals surface area contributed by atoms with Crippen LogP contribution >= 0.6 is 0 Å². The van der Waals surface area contributed by atoms with Crippen molar-refractivity contribution in [3.63, 3.8) is 0 Å². The molecule has 212 valence electrons. The van der Waals surface area contributed by atoms with Gasteiger partial charge < -0.3 is 15.1 Å². The zero-order valence-corrected chi connectivity index (χ0v) is 23.6. The van der Waals surface area contributed by atoms with Crippen molar-refractivity contribution in [2.75, 3.05) is 39.0 Å². The van der Waals surface area contributed by atoms with E-state index in [4.69, 9.17) is 0 Å². The molecule has 3 saturated heterocycles. The maximum absolute atomic E-state index is 13.5. The van der Waals surface area contributed by atoms with Crippen molar-refractivity contribution in [3.05, 3.63) is 65.7 Å². The number of imide groups is 1. The Labute approximate surface area is 235 Å². The Morgan fingerprint density at radius 2 is 1.65 bits per heavy atom. The normalized spacial score (nSPS) is 25.0. The van der Waals surface area contributed by atoms with Gasteiger partial charge in [0.15, 0.2) is 9.84 Å². The highest BCUT2D eigenvalue weighted by molar-refractivity contribution is 7.90. The van der Waals surface area contributed by atoms with Gasteiger partial charge in [0.2, 0.25) is 5.91 Å². The molecular weight excluding hydrogens is 528 g/mol. The van der Waals surface area contributed by atoms with E-state index in [9.17, 15) is 22.8 Å². The molecule has 40 heavy (non-hydrogen) atoms. The molecule has 1 aliphatic carbocycles. The standard InChI is InChI=1S/C30H36N4O5S/c1-40(38,39)25-11-7-21(8-12-25)17-34-28(36)30(31-29(34)37)13-15-32(16-14-30)18-24-19-33(27(35)23-9-10-23)20-26(24)22-5-3-2-4-6-22/h2-8,11-12,23-24,26H,9-10,13-20H2,1H3,(H,31,37). The molecule has 4 aliphatic rings. The van der Waals surface area contributed by atoms with Crippen LogP contribution in [0.3, 0.4) is 0 Å². The quantitative estimate of drug-likeness (QED) is 0.519. The molecule has 2 aromatic carbocycles. The molecule has 1 N–H and O–H groups in total. The minimum absolute atomic E-state index is 0.103. The van der Waals surface area contributed by atoms with Gasteiger partial charge in [0.1, 0.15) is 5.54 Å². The SMILES string of the molecule is CS(=O)(=O)c1ccc(CN2C(=O)NC3(CCN(CC4CN(C(=O)C5CC5)CC4c4ccccc4)CC3)C2=O)cc1. The molecule has 2 aromatic rings. The largest absolute Gasteiger partial charge is 0.341 e. The van der Waals surface area contributed by atoms with Crippen LogP contribution in [0.5, 0.6) is 0 Å². The van der Waals surface area contributed by atoms with E-state index in [1.54, 1.807) is 12.1 Å². The van der Waals surface area contributed by atoms with Gasteiger partial charge in [-0.3, -0.25) is 14.5 Å². The molecule has 0 radical (unpaired) electrons. The van der Waals surface area contributed by atoms with E-state index in [0.717, 1.165) is 38.7 Å². The van der Waals surface area contributed by atoms with Crippen molar-refractivity contribution >= 4 is 27.7 Å². The molecule has 1 spiro atoms. The number of hydrogen-bond donors (Lipinski definition) is 1. The summed E-state index contributed by atoms with van der Waals surface area (Å²) in [6, 6.07) is 16.3. The molecule has 0 aromatic heterocycles. The lowest BCUT2D eigenvalue weighted by Crippen LogP contribution is -2.55. The van der Waals surface area contributed by atoms with E-state index in [2.05, 4.69) is 39.4 Å². The number of benzene rings is 2. The fraction of sp³-hybridized carbons (Fsp3) is 0.500. The predicted molar refractivity (Wildman–Crippen MR) is 149 cm³/mol. The van der Waals surface area contributed by atoms with Crippen LogP contribution in [0, 0.1) is 11.8 Å². The minimum atomic E-state index is -3.32. The number of rotatable bonds is 7. The molecule has 1 saturated carbocycles. The summed E-state index contributed by atoms with van der Waals surface area (Å²) in [4.78, 5) is 45.1. The summed E-state index contributed by atoms with van der Waals surface area (Å²) in [6.07, 6.45) is 4.23. The number of hydrogen-bond acceptors (Lipinski definition) is 6. The average molecular weight is 565 g/mol. The zero-order valence-electron chi connectivity index (χ0n) is 22.8. The summed E-state index contributed by atoms with van der Waals surface area (Å²) in [5, 5.41) is 2.98. The maximum atomic E-state index is 13.5. The Bertz CT molecular complexity index is 1400. The number of nitrogens with one attached hydrogen (secondary N) is 1. The number of likely N-dealkylation sites (tertiary alicyclic amines) is 2. The van der Waals surface area contributed by atoms with Crippen molar-refractivity contribution < 1.29 is 22.8 Å². The summed E-state index contributed by atoms with van der Waals surface area (Å²) in [6.45, 7) is 3.86. The number of carbonyl (C=O) groups is 3. The molecule has 3 aliphatic heterocycles. The third-order valence-corrected chi connectivity index (χ3v) is 10.2. The topological polar surface area (TPSA) is 107 Å². The first-order valence-electron chi connectivity index (χ1n) is 14.1. The Kier molecular flexibility index (Phi) is 6.94. The van der Waals surface area contributed by atoms with Gasteiger partial charge in [-0.15, -0.1) is 0 Å². The van der Waals surface area contributed by atoms with E-state index in [1.807, 2.05) is 6.07 Å². The second-order valence-corrected chi connectivity index (χ2v) is 13.9. The Morgan fingerprint density at radius 1 is 0.975 bits per heavy atom. The summed E-state index contributed by atoms with van der Waals surface area (Å²) in [5.74, 6) is 0.902. The highest BCUT2D eigenvalue weighted by atomic mass is 32.2. The Balaban J connectivity index is 1.09. The first-order chi connectivity index (χ1) is 19.1. The van der Waals surface area contributed by atoms with Crippen molar-refractivity contribution in [2.45, 2.75) is 48.6 Å². The molecular formula is C30H36N4O5S. The lowest BCUT2D eigenvalue weighted by molar-refractivity contribution is -0.133. The Morgan fingerprint density at radius 3 is 2.27 bits per heavy atom. The van der Waals surface area contributed by atoms with Gasteiger partial charge in [-0.2, -0.15) is 0 Å². The van der Waals surface area contributed by atoms with Gasteiger partial charge in [0.25, 0.3) is 5.91 Å². The number of piperidine rings is 1. The summed E-state index contributed by atoms with van der Waals surface area (Å²) >= 11 is 0. The number of sulfone groups is 1. The second-order valence-electron chi connectivity index (χ2n) is 11.9. The van der Waals surface area contributed by atoms with Crippen LogP contribution in [0.1, 0.15) is 42.7 Å². The predicted octanol–water partition coefficient (Wildman–Crippen LogP) is 2.63. The number of nitrogens with zero attached hydrogens (tertiary/aromatic N) is 3. The van der Waals surface area contributed by atoms with Crippen LogP contribution in [0.4, 0.5) is 4.79 Å². The van der Waals surface area contributed by atoms with Gasteiger partial charge >= 0.3 is 6.03 Å². The van der Waals surface area contributed by atoms with Gasteiger partial charge in [0.05, 0.1) is 11.4 Å². The third kappa shape index (κ3) is 5.26. The van der Waals surface area contributed by atoms with E-state index in [0.29, 0.717) is 43.3 Å². The van der Waals surface area contributed by atoms with Crippen LogP contribution in [-0.2, 0) is 26.0 Å². The van der Waals surface area contributed by atoms with Crippen LogP contribution in [0.15, 0.2) is 59.5 Å². The van der Waals surface area contributed by atoms with Crippen LogP contribution < -0.4 is 5.32 Å². The van der Waals surface area contributed by atoms with Crippen molar-refractivity contribution in [1.82, 2.24) is 20.0 Å². The molecule has 4 amide bonds. The van der Waals surface area contributed by atoms with Gasteiger partial charge in [-0.1, -0.05) is 42.5 Å². The summed E-state index contributed by atoms with van der Waals surface area (Å²) in [5.41, 5.74) is 1.07. The van der Waals surface area contributed by atoms with Crippen LogP contribution in [0.25, 0.3) is 0 Å². The highest BCUT2D eigenvalue weighted by Gasteiger charge is 2.52. The Hall–Kier alpha value is -3.24. The van der Waals surface area contributed by atoms with Crippen molar-refractivity contribution in [2.24, 2.45) is 11.8 Å². The maximum Gasteiger partial charge on any atom is 0.325 e. The van der Waals surface area contributed by atoms with Gasteiger partial charge in [-0.05, 0) is 54.9 Å². The molecule has 6 rings (SSSR count). The van der Waals surface area contributed by atoms with E-state index >= 15 is 0 Å². The summed E-state index contributed by atoms with van der Waals surface area (Å²) in [7, 11) is -3.32. The smallest absolute Gasteiger partial charge is 0.325 e. The molecule has 0 bridgehead atoms. The van der Waals surface area contributed by atoms with E-state index in [1.165, 1.54) is 22.6 Å². The number of carbonyl (C=O) groups excluding carboxylic acids is 3. The van der Waals surface area contributed by atoms with Crippen molar-refractivity contribution in [1.29, 1.82) is 0 Å². The minimum Gasteiger partial charge on any atom is -0.341 e. The highest BCUT2D eigenvalue weighted by Crippen LogP contribution is 2.39. The number of amides is 4. The molecule has 2 atom stereocenters. The molecule has 9 nitrogen and oxygen atoms in total. The van der Waals surface area contributed by atoms with E-state index < -0.39 is 21.4 Å². The monoisotopic (exact) mass is 564 g/mol. The van der Waals surface area contributed by atoms with Crippen molar-refractivity contribution in [3.8, 4) is 0 Å². The lowest BCUT2D eigenvalue weighted by Gasteiger charge is -2.38. The third-order valence-electron chi connectivity index (χ3n) is 9.05. The van der Waals surface area contributed by atoms with Gasteiger partial charge in [0, 0.05) is 50.8 Å². The molecule has 4 fully saturated rings. The molecule has 2 unspecified atom stereocenters. The molecule has 3 heterocycles. The fourth-order valence-corrected chi connectivity index (χ4v) is 7.17. The first kappa shape index (κ1) is 27.0. The number of urea groups is 1. The van der Waals surface area contributed by atoms with E-state index in [-0.39, 0.29) is 29.2 Å². The van der Waals surface area contributed by atoms with Gasteiger partial charge in [-0.25, -0.2) is 13.2 Å². The van der Waals surface area contributed by atoms with Crippen LogP contribution in [0.2, 0.25) is 0 Å². The fourth-order valence-electron chi connectivity index (χ4n) is 6.53. The van der Waals surface area contributed by atoms with Crippen LogP contribution in [-0.4, -0.2) is 85.5 Å². The summed E-state index contributed by atoms with van der Waals surface area (Å²) < 4.78 is 23.5. The second kappa shape index (κ2) is 10.3. The molecule has 10 heteroatoms. The first-order valence-corrected chi connectivity index (χ1v) is 16.0. The lowest BCUT2D eigenvalue weighted by atomic mass is 9.85. The average Bonchev–Trinajstić information content (AvgIpc) is 3.67.